The molecule has 146 heavy (non-hydrogen) atoms. The Balaban J connectivity index is 0.000000147. The first-order chi connectivity index (χ1) is 69.0. The lowest BCUT2D eigenvalue weighted by atomic mass is 9.80. The van der Waals surface area contributed by atoms with Crippen molar-refractivity contribution in [3.63, 3.8) is 0 Å². The van der Waals surface area contributed by atoms with E-state index in [-0.39, 0.29) is 107 Å². The number of amides is 6. The molecular weight excluding hydrogens is 1980 g/mol. The summed E-state index contributed by atoms with van der Waals surface area (Å²) >= 11 is 9.07. The number of hydrogen-bond donors (Lipinski definition) is 6. The van der Waals surface area contributed by atoms with Gasteiger partial charge in [-0.3, -0.25) is 58.2 Å². The lowest BCUT2D eigenvalue weighted by Crippen LogP contribution is -2.53. The average Bonchev–Trinajstić information content (AvgIpc) is 1.50. The molecule has 746 valence electrons. The van der Waals surface area contributed by atoms with Crippen molar-refractivity contribution >= 4 is 139 Å². The predicted molar refractivity (Wildman–Crippen MR) is 565 cm³/mol. The summed E-state index contributed by atoms with van der Waals surface area (Å²) in [4.78, 5) is 116. The zero-order valence-corrected chi connectivity index (χ0v) is 86.5. The minimum absolute atomic E-state index is 0.00296. The molecule has 12 N–H and O–H groups in total. The van der Waals surface area contributed by atoms with Crippen LogP contribution in [0.15, 0.2) is 252 Å². The van der Waals surface area contributed by atoms with Crippen molar-refractivity contribution < 1.29 is 51.1 Å². The normalized spacial score (nSPS) is 21.7. The molecular formula is C106H101F4N23O7S6. The Bertz CT molecular complexity index is 7420. The molecule has 6 amide bonds. The smallest absolute Gasteiger partial charge is 0.406 e. The molecule has 18 rings (SSSR count). The first-order valence-electron chi connectivity index (χ1n) is 45.0. The number of ether oxygens (including phenoxy) is 1. The molecule has 0 aliphatic carbocycles. The summed E-state index contributed by atoms with van der Waals surface area (Å²) in [5.74, 6) is -0.610. The fraction of sp³-hybridized carbons (Fsp3) is 0.255. The van der Waals surface area contributed by atoms with Crippen molar-refractivity contribution in [2.24, 2.45) is 76.2 Å². The molecule has 6 aliphatic rings. The van der Waals surface area contributed by atoms with Gasteiger partial charge in [-0.25, -0.2) is 34.3 Å². The molecule has 0 spiro atoms. The fourth-order valence-electron chi connectivity index (χ4n) is 16.5. The van der Waals surface area contributed by atoms with Gasteiger partial charge in [0.1, 0.15) is 50.9 Å². The third-order valence-corrected chi connectivity index (χ3v) is 33.0. The summed E-state index contributed by atoms with van der Waals surface area (Å²) in [6.07, 6.45) is -1.49. The van der Waals surface area contributed by atoms with Crippen LogP contribution in [-0.4, -0.2) is 149 Å². The Labute approximate surface area is 865 Å². The van der Waals surface area contributed by atoms with Gasteiger partial charge in [0.25, 0.3) is 0 Å². The highest BCUT2D eigenvalue weighted by atomic mass is 32.1. The lowest BCUT2D eigenvalue weighted by molar-refractivity contribution is -0.274. The molecule has 0 fully saturated rings. The Morgan fingerprint density at radius 1 is 0.384 bits per heavy atom. The minimum Gasteiger partial charge on any atom is -0.406 e. The van der Waals surface area contributed by atoms with Gasteiger partial charge >= 0.3 is 6.36 Å². The molecule has 0 unspecified atom stereocenters. The number of allylic oxidation sites excluding steroid dienone is 1. The van der Waals surface area contributed by atoms with Crippen LogP contribution in [0.4, 0.5) is 17.6 Å². The maximum absolute atomic E-state index is 13.5. The van der Waals surface area contributed by atoms with E-state index in [1.165, 1.54) is 82.4 Å². The van der Waals surface area contributed by atoms with Crippen molar-refractivity contribution in [1.82, 2.24) is 29.4 Å². The summed E-state index contributed by atoms with van der Waals surface area (Å²) < 4.78 is 54.6. The maximum atomic E-state index is 13.5. The van der Waals surface area contributed by atoms with E-state index in [9.17, 15) is 46.3 Å². The zero-order chi connectivity index (χ0) is 106. The van der Waals surface area contributed by atoms with Gasteiger partial charge in [-0.1, -0.05) is 79.7 Å². The Morgan fingerprint density at radius 3 is 1.06 bits per heavy atom. The number of nitrogens with zero attached hydrogens (tertiary/aromatic N) is 17. The van der Waals surface area contributed by atoms with Gasteiger partial charge in [0.05, 0.1) is 89.6 Å². The van der Waals surface area contributed by atoms with E-state index in [1.54, 1.807) is 130 Å². The number of alkyl halides is 3. The highest BCUT2D eigenvalue weighted by Gasteiger charge is 2.49. The summed E-state index contributed by atoms with van der Waals surface area (Å²) in [6, 6.07) is 64.3. The Morgan fingerprint density at radius 2 is 0.699 bits per heavy atom. The third kappa shape index (κ3) is 23.4. The number of halogens is 4. The minimum atomic E-state index is -4.74. The van der Waals surface area contributed by atoms with Crippen LogP contribution in [0.25, 0.3) is 66.1 Å². The third-order valence-electron chi connectivity index (χ3n) is 25.7. The SMILES string of the molecule is C=CC[C@H]1C(=O)N(C)C(N)=N[C@]1(C)c1cc(-c2cccc(C#N)c2)cs1.CN1C(=O)C[C@@](C)(c2cc(-c3ccc(F)c(C#N)c3)cs2)N=C1N.CN1C(=O)C[C@@](C)(c2cc(-c3cccc(C#N)c3)cs2)N=C1N.CN1C(=O)C[C@@](C)(c2cc(-c3cccc(OC(F)(F)F)c3)cs2)N=C1N.CN1C(=O)C[C@@](C)(c2ccc(-c3cccc(C#N)c3)s2)N=C1N.C[C@H]1C(=O)N(C)C(N)=N[C@]1(C)c1cc(-c2cccc(C#N)c2)cs1. The molecule has 8 atom stereocenters. The van der Waals surface area contributed by atoms with Crippen molar-refractivity contribution in [1.29, 1.82) is 26.3 Å². The molecule has 30 nitrogen and oxygen atoms in total. The molecule has 40 heteroatoms. The number of carbonyl (C=O) groups is 6. The number of guanidine groups is 6. The predicted octanol–water partition coefficient (Wildman–Crippen LogP) is 18.3. The molecule has 6 aliphatic heterocycles. The van der Waals surface area contributed by atoms with Gasteiger partial charge in [0, 0.05) is 76.4 Å². The topological polar surface area (TPSA) is 480 Å². The standard InChI is InChI=1S/C20H20N4OS.C18H18N4OS.C17H16F3N3O2S.C17H15FN4OS.2C17H16N4OS/c1-4-6-16-18(25)24(3)19(22)23-20(16,2)17-10-15(12-26-17)14-8-5-7-13(9-14)11-21;1-11-16(23)22(3)17(20)21-18(11,2)15-8-14(10-24-15)13-6-4-5-12(7-13)9-19;1-16(8-14(24)23(2)15(21)22-16)13-7-11(9-26-13)10-4-3-5-12(6-10)25-17(18,19)20;1-17(7-15(23)22(2)16(20)21-17)14-6-12(9-24-14)10-3-4-13(18)11(5-10)8-19;1-17(8-15(22)21(2)16(19)20-17)14-7-13(10-23-14)12-5-3-4-11(6-12)9-18;1-17(9-15(22)21(2)16(19)20-17)14-7-6-13(23-14)12-5-3-4-11(8-12)10-18/h4-5,7-10,12,16H,1,6H2,2-3H3,(H2,22,23);4-8,10-11H,1-3H3,(H2,20,21);3-7,9H,8H2,1-2H3,(H2,21,22);3-6,9H,7H2,1-2H3,(H2,20,21);3-7,10H,8H2,1-2H3,(H2,19,20);3-8H,9H2,1-2H3,(H2,19,20)/t16-,20-;11-,18-;16-;3*17-/m000000/s1. The van der Waals surface area contributed by atoms with Gasteiger partial charge in [-0.2, -0.15) is 26.3 Å². The van der Waals surface area contributed by atoms with Crippen LogP contribution in [0.5, 0.6) is 5.75 Å². The number of nitriles is 5. The molecule has 12 aromatic rings. The Hall–Kier alpha value is -16.1. The van der Waals surface area contributed by atoms with E-state index >= 15 is 0 Å². The average molecular weight is 2080 g/mol. The number of hydrogen-bond acceptors (Lipinski definition) is 30. The van der Waals surface area contributed by atoms with Gasteiger partial charge in [-0.05, 0) is 251 Å². The molecule has 6 aromatic heterocycles. The number of benzene rings is 6. The van der Waals surface area contributed by atoms with Crippen LogP contribution in [-0.2, 0) is 62.0 Å². The number of aliphatic imine (C=N–C) groups is 6. The number of carbonyl (C=O) groups excluding carboxylic acids is 6. The fourth-order valence-corrected chi connectivity index (χ4v) is 22.9. The number of thiophene rings is 6. The number of nitrogens with two attached hydrogens (primary N) is 6. The summed E-state index contributed by atoms with van der Waals surface area (Å²) in [5.41, 5.74) is 43.4. The van der Waals surface area contributed by atoms with Crippen LogP contribution in [0.2, 0.25) is 0 Å². The van der Waals surface area contributed by atoms with Gasteiger partial charge in [-0.15, -0.1) is 87.8 Å². The van der Waals surface area contributed by atoms with E-state index in [1.807, 2.05) is 197 Å². The highest BCUT2D eigenvalue weighted by molar-refractivity contribution is 7.15. The first kappa shape index (κ1) is 107. The molecule has 12 heterocycles. The Kier molecular flexibility index (Phi) is 32.0. The van der Waals surface area contributed by atoms with Gasteiger partial charge in [0.15, 0.2) is 35.8 Å². The van der Waals surface area contributed by atoms with E-state index < -0.39 is 45.4 Å². The second-order valence-corrected chi connectivity index (χ2v) is 41.8. The van der Waals surface area contributed by atoms with E-state index in [0.717, 1.165) is 89.8 Å². The first-order valence-corrected chi connectivity index (χ1v) is 50.2. The highest BCUT2D eigenvalue weighted by Crippen LogP contribution is 2.49. The summed E-state index contributed by atoms with van der Waals surface area (Å²) in [6.45, 7) is 17.1. The molecule has 6 aromatic carbocycles. The van der Waals surface area contributed by atoms with Crippen LogP contribution < -0.4 is 39.1 Å². The summed E-state index contributed by atoms with van der Waals surface area (Å²) in [5, 5.41) is 54.9. The number of rotatable bonds is 15. The summed E-state index contributed by atoms with van der Waals surface area (Å²) in [7, 11) is 9.71. The van der Waals surface area contributed by atoms with Gasteiger partial charge < -0.3 is 39.1 Å². The molecule has 0 saturated carbocycles. The van der Waals surface area contributed by atoms with Crippen LogP contribution in [0.1, 0.15) is 138 Å². The van der Waals surface area contributed by atoms with E-state index in [4.69, 9.17) is 60.7 Å². The molecule has 0 radical (unpaired) electrons. The quantitative estimate of drug-likeness (QED) is 0.0410. The zero-order valence-electron chi connectivity index (χ0n) is 81.6. The lowest BCUT2D eigenvalue weighted by Gasteiger charge is -2.39. The molecule has 0 saturated heterocycles. The van der Waals surface area contributed by atoms with E-state index in [2.05, 4.69) is 65.5 Å². The van der Waals surface area contributed by atoms with E-state index in [0.29, 0.717) is 47.1 Å². The maximum Gasteiger partial charge on any atom is 0.573 e. The van der Waals surface area contributed by atoms with Crippen molar-refractivity contribution in [2.45, 2.75) is 120 Å². The molecule has 0 bridgehead atoms. The van der Waals surface area contributed by atoms with Crippen LogP contribution in [0.3, 0.4) is 0 Å². The van der Waals surface area contributed by atoms with Crippen molar-refractivity contribution in [3.05, 3.63) is 284 Å². The van der Waals surface area contributed by atoms with Crippen molar-refractivity contribution in [3.8, 4) is 102 Å². The monoisotopic (exact) mass is 2080 g/mol. The van der Waals surface area contributed by atoms with Gasteiger partial charge in [0.2, 0.25) is 35.4 Å². The van der Waals surface area contributed by atoms with Crippen LogP contribution in [0, 0.1) is 74.3 Å². The van der Waals surface area contributed by atoms with Crippen LogP contribution >= 0.6 is 68.0 Å². The second-order valence-electron chi connectivity index (χ2n) is 36.1. The van der Waals surface area contributed by atoms with Crippen molar-refractivity contribution in [2.75, 3.05) is 42.3 Å². The largest absolute Gasteiger partial charge is 0.573 e. The second kappa shape index (κ2) is 43.6.